The highest BCUT2D eigenvalue weighted by molar-refractivity contribution is 5.95. The first kappa shape index (κ1) is 27.4. The zero-order chi connectivity index (χ0) is 26.8. The van der Waals surface area contributed by atoms with Crippen LogP contribution in [-0.4, -0.2) is 68.1 Å². The number of rotatable bonds is 10. The van der Waals surface area contributed by atoms with Gasteiger partial charge in [0.25, 0.3) is 0 Å². The monoisotopic (exact) mass is 502 g/mol. The summed E-state index contributed by atoms with van der Waals surface area (Å²) < 4.78 is 4.69. The van der Waals surface area contributed by atoms with Gasteiger partial charge < -0.3 is 46.0 Å². The Bertz CT molecular complexity index is 1140. The minimum Gasteiger partial charge on any atom is -0.504 e. The maximum absolute atomic E-state index is 12.2. The Morgan fingerprint density at radius 1 is 0.806 bits per heavy atom. The van der Waals surface area contributed by atoms with E-state index in [9.17, 15) is 45.0 Å². The Morgan fingerprint density at radius 2 is 1.25 bits per heavy atom. The van der Waals surface area contributed by atoms with E-state index in [1.54, 1.807) is 0 Å². The molecule has 0 heterocycles. The van der Waals surface area contributed by atoms with E-state index in [-0.39, 0.29) is 24.1 Å². The van der Waals surface area contributed by atoms with E-state index in [4.69, 9.17) is 0 Å². The molecule has 8 N–H and O–H groups in total. The lowest BCUT2D eigenvalue weighted by Crippen LogP contribution is -2.41. The van der Waals surface area contributed by atoms with Gasteiger partial charge in [0.15, 0.2) is 34.5 Å². The van der Waals surface area contributed by atoms with Crippen molar-refractivity contribution in [3.8, 4) is 34.5 Å². The highest BCUT2D eigenvalue weighted by Gasteiger charge is 2.20. The van der Waals surface area contributed by atoms with Crippen molar-refractivity contribution in [3.05, 3.63) is 47.5 Å². The second-order valence-corrected chi connectivity index (χ2v) is 7.50. The molecule has 1 unspecified atom stereocenters. The van der Waals surface area contributed by atoms with Gasteiger partial charge in [0, 0.05) is 18.7 Å². The summed E-state index contributed by atoms with van der Waals surface area (Å²) in [5.41, 5.74) is 0.498. The minimum atomic E-state index is -1.01. The molecule has 192 valence electrons. The molecular weight excluding hydrogens is 476 g/mol. The topological polar surface area (TPSA) is 206 Å². The molecule has 12 heteroatoms. The zero-order valence-corrected chi connectivity index (χ0v) is 19.1. The third kappa shape index (κ3) is 7.87. The van der Waals surface area contributed by atoms with E-state index in [2.05, 4.69) is 15.4 Å². The van der Waals surface area contributed by atoms with Crippen molar-refractivity contribution in [1.29, 1.82) is 0 Å². The van der Waals surface area contributed by atoms with Crippen molar-refractivity contribution < 1.29 is 49.8 Å². The van der Waals surface area contributed by atoms with Crippen LogP contribution < -0.4 is 10.6 Å². The van der Waals surface area contributed by atoms with Crippen LogP contribution in [0.2, 0.25) is 0 Å². The molecule has 2 rings (SSSR count). The van der Waals surface area contributed by atoms with Crippen LogP contribution in [0.3, 0.4) is 0 Å². The molecule has 0 saturated heterocycles. The molecule has 0 aliphatic carbocycles. The highest BCUT2D eigenvalue weighted by atomic mass is 16.5. The molecule has 0 fully saturated rings. The largest absolute Gasteiger partial charge is 0.504 e. The molecule has 0 bridgehead atoms. The summed E-state index contributed by atoms with van der Waals surface area (Å²) in [5, 5.41) is 61.7. The van der Waals surface area contributed by atoms with Crippen molar-refractivity contribution in [3.63, 3.8) is 0 Å². The van der Waals surface area contributed by atoms with Gasteiger partial charge in [-0.15, -0.1) is 0 Å². The molecule has 0 saturated carbocycles. The molecular formula is C24H26N2O10. The van der Waals surface area contributed by atoms with Gasteiger partial charge in [-0.05, 0) is 60.4 Å². The van der Waals surface area contributed by atoms with Crippen LogP contribution in [0.15, 0.2) is 36.4 Å². The highest BCUT2D eigenvalue weighted by Crippen LogP contribution is 2.36. The van der Waals surface area contributed by atoms with Gasteiger partial charge in [0.1, 0.15) is 6.04 Å². The van der Waals surface area contributed by atoms with E-state index in [1.165, 1.54) is 12.2 Å². The molecule has 0 radical (unpaired) electrons. The zero-order valence-electron chi connectivity index (χ0n) is 19.1. The molecule has 2 amide bonds. The summed E-state index contributed by atoms with van der Waals surface area (Å²) in [6.45, 7) is 0.153. The lowest BCUT2D eigenvalue weighted by atomic mass is 10.1. The number of methoxy groups -OCH3 is 1. The predicted molar refractivity (Wildman–Crippen MR) is 127 cm³/mol. The summed E-state index contributed by atoms with van der Waals surface area (Å²) in [6, 6.07) is 3.56. The molecule has 1 atom stereocenters. The average molecular weight is 502 g/mol. The number of hydrogen-bond acceptors (Lipinski definition) is 10. The Morgan fingerprint density at radius 3 is 1.69 bits per heavy atom. The van der Waals surface area contributed by atoms with Crippen LogP contribution in [0.4, 0.5) is 0 Å². The lowest BCUT2D eigenvalue weighted by molar-refractivity contribution is -0.144. The maximum Gasteiger partial charge on any atom is 0.328 e. The van der Waals surface area contributed by atoms with Crippen molar-refractivity contribution in [2.45, 2.75) is 18.9 Å². The minimum absolute atomic E-state index is 0.136. The third-order valence-electron chi connectivity index (χ3n) is 4.81. The number of benzene rings is 2. The number of carbonyl (C=O) groups is 3. The molecule has 0 aromatic heterocycles. The molecule has 0 aliphatic rings. The molecule has 2 aromatic rings. The maximum atomic E-state index is 12.2. The van der Waals surface area contributed by atoms with Gasteiger partial charge in [0.05, 0.1) is 7.11 Å². The Kier molecular flexibility index (Phi) is 9.55. The van der Waals surface area contributed by atoms with Crippen LogP contribution in [-0.2, 0) is 19.1 Å². The predicted octanol–water partition coefficient (Wildman–Crippen LogP) is 1.20. The van der Waals surface area contributed by atoms with Crippen molar-refractivity contribution >= 4 is 29.9 Å². The van der Waals surface area contributed by atoms with E-state index in [1.807, 2.05) is 0 Å². The number of amides is 2. The summed E-state index contributed by atoms with van der Waals surface area (Å²) in [6.07, 6.45) is 5.20. The van der Waals surface area contributed by atoms with Gasteiger partial charge in [-0.1, -0.05) is 0 Å². The number of hydrogen-bond donors (Lipinski definition) is 8. The lowest BCUT2D eigenvalue weighted by Gasteiger charge is -2.15. The first-order valence-corrected chi connectivity index (χ1v) is 10.5. The number of phenolic OH excluding ortho intramolecular Hbond substituents is 6. The Balaban J connectivity index is 1.86. The second-order valence-electron chi connectivity index (χ2n) is 7.50. The van der Waals surface area contributed by atoms with Crippen LogP contribution in [0, 0.1) is 0 Å². The molecule has 0 spiro atoms. The standard InChI is InChI=1S/C24H26N2O10/c1-36-24(35)15(26-21(32)7-5-14-11-18(29)23(34)19(30)12-14)3-2-8-25-20(31)6-4-13-9-16(27)22(33)17(28)10-13/h4-7,9-12,15,27-30,33-34H,2-3,8H2,1H3,(H,25,31)(H,26,32)/b6-4+,7-5+. The van der Waals surface area contributed by atoms with Gasteiger partial charge in [-0.3, -0.25) is 9.59 Å². The molecule has 2 aromatic carbocycles. The van der Waals surface area contributed by atoms with Gasteiger partial charge in [-0.2, -0.15) is 0 Å². The van der Waals surface area contributed by atoms with E-state index < -0.39 is 58.3 Å². The van der Waals surface area contributed by atoms with Crippen LogP contribution in [0.5, 0.6) is 34.5 Å². The van der Waals surface area contributed by atoms with Crippen molar-refractivity contribution in [1.82, 2.24) is 10.6 Å². The second kappa shape index (κ2) is 12.6. The number of esters is 1. The first-order chi connectivity index (χ1) is 17.0. The van der Waals surface area contributed by atoms with Crippen molar-refractivity contribution in [2.75, 3.05) is 13.7 Å². The third-order valence-corrected chi connectivity index (χ3v) is 4.81. The number of phenols is 6. The number of carbonyl (C=O) groups excluding carboxylic acids is 3. The number of ether oxygens (including phenoxy) is 1. The first-order valence-electron chi connectivity index (χ1n) is 10.5. The number of aromatic hydroxyl groups is 6. The molecule has 36 heavy (non-hydrogen) atoms. The molecule has 12 nitrogen and oxygen atoms in total. The van der Waals surface area contributed by atoms with Crippen LogP contribution >= 0.6 is 0 Å². The smallest absolute Gasteiger partial charge is 0.328 e. The van der Waals surface area contributed by atoms with Gasteiger partial charge in [0.2, 0.25) is 11.8 Å². The SMILES string of the molecule is COC(=O)C(CCCNC(=O)/C=C/c1cc(O)c(O)c(O)c1)NC(=O)/C=C/c1cc(O)c(O)c(O)c1. The summed E-state index contributed by atoms with van der Waals surface area (Å²) in [7, 11) is 1.16. The summed E-state index contributed by atoms with van der Waals surface area (Å²) in [4.78, 5) is 36.2. The summed E-state index contributed by atoms with van der Waals surface area (Å²) >= 11 is 0. The normalized spacial score (nSPS) is 11.9. The fourth-order valence-electron chi connectivity index (χ4n) is 2.97. The van der Waals surface area contributed by atoms with E-state index in [0.717, 1.165) is 43.5 Å². The van der Waals surface area contributed by atoms with E-state index in [0.29, 0.717) is 6.42 Å². The van der Waals surface area contributed by atoms with Crippen LogP contribution in [0.1, 0.15) is 24.0 Å². The fourth-order valence-corrected chi connectivity index (χ4v) is 2.97. The van der Waals surface area contributed by atoms with Crippen molar-refractivity contribution in [2.24, 2.45) is 0 Å². The Hall–Kier alpha value is -4.87. The van der Waals surface area contributed by atoms with E-state index >= 15 is 0 Å². The summed E-state index contributed by atoms with van der Waals surface area (Å²) in [5.74, 6) is -5.44. The van der Waals surface area contributed by atoms with Crippen LogP contribution in [0.25, 0.3) is 12.2 Å². The Labute approximate surface area is 205 Å². The van der Waals surface area contributed by atoms with Gasteiger partial charge >= 0.3 is 5.97 Å². The number of nitrogens with one attached hydrogen (secondary N) is 2. The average Bonchev–Trinajstić information content (AvgIpc) is 2.84. The molecule has 0 aliphatic heterocycles. The quantitative estimate of drug-likeness (QED) is 0.101. The van der Waals surface area contributed by atoms with Gasteiger partial charge in [-0.25, -0.2) is 4.79 Å². The fraction of sp³-hybridized carbons (Fsp3) is 0.208.